The Morgan fingerprint density at radius 1 is 1.08 bits per heavy atom. The van der Waals surface area contributed by atoms with Crippen LogP contribution in [0.4, 0.5) is 4.39 Å². The first-order chi connectivity index (χ1) is 12.0. The highest BCUT2D eigenvalue weighted by Gasteiger charge is 2.16. The third kappa shape index (κ3) is 3.73. The fraction of sp³-hybridized carbons (Fsp3) is 0. The number of halogens is 3. The summed E-state index contributed by atoms with van der Waals surface area (Å²) >= 11 is 11.9. The Morgan fingerprint density at radius 2 is 1.84 bits per heavy atom. The summed E-state index contributed by atoms with van der Waals surface area (Å²) in [5.41, 5.74) is -0.123. The Morgan fingerprint density at radius 3 is 2.56 bits per heavy atom. The summed E-state index contributed by atoms with van der Waals surface area (Å²) in [6, 6.07) is 13.6. The summed E-state index contributed by atoms with van der Waals surface area (Å²) in [6.45, 7) is 0. The van der Waals surface area contributed by atoms with E-state index in [9.17, 15) is 9.18 Å². The van der Waals surface area contributed by atoms with Gasteiger partial charge in [-0.3, -0.25) is 0 Å². The Labute approximate surface area is 152 Å². The molecule has 0 unspecified atom stereocenters. The topological polar surface area (TPSA) is 59.4 Å². The Kier molecular flexibility index (Phi) is 4.88. The Bertz CT molecular complexity index is 963. The highest BCUT2D eigenvalue weighted by atomic mass is 35.5. The Balaban J connectivity index is 1.97. The van der Waals surface area contributed by atoms with Gasteiger partial charge in [0.2, 0.25) is 5.88 Å². The number of benzene rings is 2. The highest BCUT2D eigenvalue weighted by Crippen LogP contribution is 2.32. The van der Waals surface area contributed by atoms with Crippen molar-refractivity contribution >= 4 is 29.2 Å². The van der Waals surface area contributed by atoms with Crippen molar-refractivity contribution in [2.45, 2.75) is 0 Å². The van der Waals surface area contributed by atoms with Crippen molar-refractivity contribution in [3.8, 4) is 22.9 Å². The molecule has 25 heavy (non-hydrogen) atoms. The van der Waals surface area contributed by atoms with Crippen LogP contribution >= 0.6 is 23.2 Å². The lowest BCUT2D eigenvalue weighted by molar-refractivity contribution is 0.0692. The van der Waals surface area contributed by atoms with E-state index in [2.05, 4.69) is 4.98 Å². The lowest BCUT2D eigenvalue weighted by Gasteiger charge is -2.09. The number of hydrogen-bond donors (Lipinski definition) is 1. The molecule has 7 heteroatoms. The Hall–Kier alpha value is -2.63. The fourth-order valence-electron chi connectivity index (χ4n) is 2.19. The van der Waals surface area contributed by atoms with Crippen LogP contribution < -0.4 is 4.74 Å². The molecule has 2 aromatic carbocycles. The average Bonchev–Trinajstić information content (AvgIpc) is 2.57. The lowest BCUT2D eigenvalue weighted by atomic mass is 10.1. The zero-order valence-electron chi connectivity index (χ0n) is 12.5. The van der Waals surface area contributed by atoms with E-state index >= 15 is 0 Å². The van der Waals surface area contributed by atoms with Crippen LogP contribution in [0.2, 0.25) is 10.0 Å². The van der Waals surface area contributed by atoms with E-state index in [4.69, 9.17) is 33.0 Å². The van der Waals surface area contributed by atoms with Gasteiger partial charge in [0.25, 0.3) is 0 Å². The van der Waals surface area contributed by atoms with Crippen LogP contribution in [0.1, 0.15) is 10.4 Å². The van der Waals surface area contributed by atoms with Crippen LogP contribution in [-0.2, 0) is 0 Å². The second-order valence-electron chi connectivity index (χ2n) is 5.01. The SMILES string of the molecule is O=C(O)c1cccc(-c2cccc(Oc3ccc(Cl)cc3Cl)n2)c1F. The van der Waals surface area contributed by atoms with Gasteiger partial charge < -0.3 is 9.84 Å². The minimum absolute atomic E-state index is 0.0625. The van der Waals surface area contributed by atoms with Crippen molar-refractivity contribution in [2.75, 3.05) is 0 Å². The monoisotopic (exact) mass is 377 g/mol. The summed E-state index contributed by atoms with van der Waals surface area (Å²) in [4.78, 5) is 15.3. The van der Waals surface area contributed by atoms with Crippen LogP contribution in [0, 0.1) is 5.82 Å². The maximum Gasteiger partial charge on any atom is 0.338 e. The first kappa shape index (κ1) is 17.2. The fourth-order valence-corrected chi connectivity index (χ4v) is 2.63. The van der Waals surface area contributed by atoms with Crippen molar-refractivity contribution in [1.82, 2.24) is 4.98 Å². The highest BCUT2D eigenvalue weighted by molar-refractivity contribution is 6.35. The number of carboxylic acid groups (broad SMARTS) is 1. The molecular formula is C18H10Cl2FNO3. The van der Waals surface area contributed by atoms with Crippen LogP contribution in [0.25, 0.3) is 11.3 Å². The van der Waals surface area contributed by atoms with Gasteiger partial charge in [-0.1, -0.05) is 35.3 Å². The molecule has 0 radical (unpaired) electrons. The lowest BCUT2D eigenvalue weighted by Crippen LogP contribution is -2.02. The zero-order valence-corrected chi connectivity index (χ0v) is 14.1. The molecule has 1 N–H and O–H groups in total. The van der Waals surface area contributed by atoms with E-state index in [1.807, 2.05) is 0 Å². The minimum atomic E-state index is -1.35. The molecule has 0 saturated carbocycles. The standard InChI is InChI=1S/C18H10Cl2FNO3/c19-10-7-8-15(13(20)9-10)25-16-6-2-5-14(22-16)11-3-1-4-12(17(11)21)18(23)24/h1-9H,(H,23,24). The summed E-state index contributed by atoms with van der Waals surface area (Å²) in [5.74, 6) is -1.68. The van der Waals surface area contributed by atoms with Crippen molar-refractivity contribution in [2.24, 2.45) is 0 Å². The van der Waals surface area contributed by atoms with Crippen molar-refractivity contribution < 1.29 is 19.0 Å². The van der Waals surface area contributed by atoms with Gasteiger partial charge in [-0.25, -0.2) is 14.2 Å². The molecule has 126 valence electrons. The molecule has 3 rings (SSSR count). The van der Waals surface area contributed by atoms with Gasteiger partial charge in [-0.2, -0.15) is 0 Å². The van der Waals surface area contributed by atoms with E-state index in [0.717, 1.165) is 0 Å². The van der Waals surface area contributed by atoms with Gasteiger partial charge in [-0.15, -0.1) is 0 Å². The molecular weight excluding hydrogens is 368 g/mol. The smallest absolute Gasteiger partial charge is 0.338 e. The summed E-state index contributed by atoms with van der Waals surface area (Å²) < 4.78 is 20.0. The van der Waals surface area contributed by atoms with Crippen LogP contribution in [0.5, 0.6) is 11.6 Å². The number of aromatic carboxylic acids is 1. The second kappa shape index (κ2) is 7.09. The minimum Gasteiger partial charge on any atom is -0.478 e. The molecule has 0 spiro atoms. The molecule has 0 aliphatic rings. The van der Waals surface area contributed by atoms with Crippen LogP contribution in [0.15, 0.2) is 54.6 Å². The van der Waals surface area contributed by atoms with Gasteiger partial charge in [-0.05, 0) is 36.4 Å². The van der Waals surface area contributed by atoms with Crippen molar-refractivity contribution in [3.05, 3.63) is 76.0 Å². The van der Waals surface area contributed by atoms with Gasteiger partial charge in [0, 0.05) is 16.7 Å². The molecule has 4 nitrogen and oxygen atoms in total. The number of ether oxygens (including phenoxy) is 1. The van der Waals surface area contributed by atoms with E-state index in [0.29, 0.717) is 15.8 Å². The first-order valence-corrected chi connectivity index (χ1v) is 7.83. The number of rotatable bonds is 4. The van der Waals surface area contributed by atoms with E-state index in [1.165, 1.54) is 24.3 Å². The number of hydrogen-bond acceptors (Lipinski definition) is 3. The predicted octanol–water partition coefficient (Wildman–Crippen LogP) is 5.69. The predicted molar refractivity (Wildman–Crippen MR) is 93.1 cm³/mol. The third-order valence-electron chi connectivity index (χ3n) is 3.34. The molecule has 0 saturated heterocycles. The maximum atomic E-state index is 14.4. The van der Waals surface area contributed by atoms with Gasteiger partial charge >= 0.3 is 5.97 Å². The number of pyridine rings is 1. The number of carboxylic acids is 1. The third-order valence-corrected chi connectivity index (χ3v) is 3.87. The number of carbonyl (C=O) groups is 1. The molecule has 0 fully saturated rings. The van der Waals surface area contributed by atoms with E-state index < -0.39 is 17.3 Å². The normalized spacial score (nSPS) is 10.5. The molecule has 1 aromatic heterocycles. The maximum absolute atomic E-state index is 14.4. The first-order valence-electron chi connectivity index (χ1n) is 7.08. The molecule has 1 heterocycles. The van der Waals surface area contributed by atoms with Gasteiger partial charge in [0.05, 0.1) is 16.3 Å². The van der Waals surface area contributed by atoms with Gasteiger partial charge in [0.15, 0.2) is 0 Å². The summed E-state index contributed by atoms with van der Waals surface area (Å²) in [7, 11) is 0. The van der Waals surface area contributed by atoms with Crippen molar-refractivity contribution in [1.29, 1.82) is 0 Å². The molecule has 0 aliphatic heterocycles. The molecule has 3 aromatic rings. The molecule has 0 amide bonds. The van der Waals surface area contributed by atoms with E-state index in [-0.39, 0.29) is 17.1 Å². The van der Waals surface area contributed by atoms with E-state index in [1.54, 1.807) is 30.3 Å². The van der Waals surface area contributed by atoms with Gasteiger partial charge in [0.1, 0.15) is 11.6 Å². The zero-order chi connectivity index (χ0) is 18.0. The molecule has 0 bridgehead atoms. The van der Waals surface area contributed by atoms with Crippen LogP contribution in [-0.4, -0.2) is 16.1 Å². The number of aromatic nitrogens is 1. The number of nitrogens with zero attached hydrogens (tertiary/aromatic N) is 1. The van der Waals surface area contributed by atoms with Crippen molar-refractivity contribution in [3.63, 3.8) is 0 Å². The molecule has 0 atom stereocenters. The summed E-state index contributed by atoms with van der Waals surface area (Å²) in [5, 5.41) is 9.80. The molecule has 0 aliphatic carbocycles. The summed E-state index contributed by atoms with van der Waals surface area (Å²) in [6.07, 6.45) is 0. The van der Waals surface area contributed by atoms with Crippen LogP contribution in [0.3, 0.4) is 0 Å². The average molecular weight is 378 g/mol. The quantitative estimate of drug-likeness (QED) is 0.634. The second-order valence-corrected chi connectivity index (χ2v) is 5.85. The largest absolute Gasteiger partial charge is 0.478 e.